The van der Waals surface area contributed by atoms with Crippen molar-refractivity contribution in [2.45, 2.75) is 19.4 Å². The topological polar surface area (TPSA) is 81.4 Å². The minimum absolute atomic E-state index is 0.0534. The average molecular weight is 310 g/mol. The molecule has 0 heterocycles. The van der Waals surface area contributed by atoms with Crippen molar-refractivity contribution < 1.29 is 13.2 Å². The van der Waals surface area contributed by atoms with Crippen LogP contribution in [0.1, 0.15) is 30.5 Å². The van der Waals surface area contributed by atoms with Gasteiger partial charge >= 0.3 is 0 Å². The summed E-state index contributed by atoms with van der Waals surface area (Å²) in [6.45, 7) is 2.54. The molecule has 0 aromatic heterocycles. The van der Waals surface area contributed by atoms with E-state index in [4.69, 9.17) is 10.5 Å². The second-order valence-corrected chi connectivity index (χ2v) is 6.51. The monoisotopic (exact) mass is 310 g/mol. The Bertz CT molecular complexity index is 603. The number of hydrogen-bond acceptors (Lipinski definition) is 4. The molecule has 5 nitrogen and oxygen atoms in total. The molecule has 0 radical (unpaired) electrons. The summed E-state index contributed by atoms with van der Waals surface area (Å²) >= 11 is 0. The highest BCUT2D eigenvalue weighted by Crippen LogP contribution is 2.15. The number of hydrogen-bond donors (Lipinski definition) is 2. The minimum atomic E-state index is -3.32. The summed E-state index contributed by atoms with van der Waals surface area (Å²) in [7, 11) is -1.76. The van der Waals surface area contributed by atoms with E-state index in [0.29, 0.717) is 19.6 Å². The maximum absolute atomic E-state index is 11.9. The van der Waals surface area contributed by atoms with Crippen LogP contribution in [0.2, 0.25) is 0 Å². The third-order valence-electron chi connectivity index (χ3n) is 2.84. The van der Waals surface area contributed by atoms with E-state index in [2.05, 4.69) is 16.6 Å². The van der Waals surface area contributed by atoms with E-state index in [-0.39, 0.29) is 11.8 Å². The van der Waals surface area contributed by atoms with Gasteiger partial charge in [-0.1, -0.05) is 24.0 Å². The van der Waals surface area contributed by atoms with Gasteiger partial charge in [-0.15, -0.1) is 0 Å². The first-order valence-electron chi connectivity index (χ1n) is 6.76. The van der Waals surface area contributed by atoms with Crippen molar-refractivity contribution in [1.29, 1.82) is 0 Å². The Hall–Kier alpha value is -1.39. The summed E-state index contributed by atoms with van der Waals surface area (Å²) in [5.41, 5.74) is 7.03. The number of methoxy groups -OCH3 is 1. The van der Waals surface area contributed by atoms with Crippen LogP contribution in [0.3, 0.4) is 0 Å². The lowest BCUT2D eigenvalue weighted by atomic mass is 10.1. The van der Waals surface area contributed by atoms with Gasteiger partial charge in [0.15, 0.2) is 0 Å². The zero-order chi connectivity index (χ0) is 15.7. The number of nitrogens with one attached hydrogen (secondary N) is 1. The SMILES string of the molecule is COCCCS(=O)(=O)NC(C)c1cccc(C#CCN)c1. The molecule has 0 saturated carbocycles. The molecule has 3 N–H and O–H groups in total. The first-order chi connectivity index (χ1) is 9.98. The van der Waals surface area contributed by atoms with Gasteiger partial charge < -0.3 is 10.5 Å². The Labute approximate surface area is 126 Å². The highest BCUT2D eigenvalue weighted by atomic mass is 32.2. The predicted octanol–water partition coefficient (Wildman–Crippen LogP) is 1.01. The molecule has 1 unspecified atom stereocenters. The van der Waals surface area contributed by atoms with Crippen molar-refractivity contribution in [3.05, 3.63) is 35.4 Å². The van der Waals surface area contributed by atoms with E-state index < -0.39 is 10.0 Å². The molecule has 21 heavy (non-hydrogen) atoms. The van der Waals surface area contributed by atoms with Gasteiger partial charge in [0.2, 0.25) is 10.0 Å². The Balaban J connectivity index is 2.72. The predicted molar refractivity (Wildman–Crippen MR) is 84.2 cm³/mol. The van der Waals surface area contributed by atoms with Gasteiger partial charge in [-0.2, -0.15) is 0 Å². The Morgan fingerprint density at radius 1 is 1.43 bits per heavy atom. The number of rotatable bonds is 7. The molecule has 0 aliphatic rings. The van der Waals surface area contributed by atoms with E-state index >= 15 is 0 Å². The molecule has 1 atom stereocenters. The van der Waals surface area contributed by atoms with Gasteiger partial charge in [0, 0.05) is 25.3 Å². The molecule has 0 aliphatic heterocycles. The normalized spacial score (nSPS) is 12.5. The molecule has 0 saturated heterocycles. The van der Waals surface area contributed by atoms with E-state index in [0.717, 1.165) is 11.1 Å². The second-order valence-electron chi connectivity index (χ2n) is 4.64. The molecule has 0 aliphatic carbocycles. The van der Waals surface area contributed by atoms with Crippen LogP contribution in [0.4, 0.5) is 0 Å². The molecular formula is C15H22N2O3S. The number of benzene rings is 1. The van der Waals surface area contributed by atoms with Gasteiger partial charge in [0.25, 0.3) is 0 Å². The maximum atomic E-state index is 11.9. The van der Waals surface area contributed by atoms with Gasteiger partial charge in [-0.05, 0) is 31.0 Å². The van der Waals surface area contributed by atoms with Crippen LogP contribution in [0.5, 0.6) is 0 Å². The van der Waals surface area contributed by atoms with Gasteiger partial charge in [-0.25, -0.2) is 13.1 Å². The average Bonchev–Trinajstić information content (AvgIpc) is 2.45. The lowest BCUT2D eigenvalue weighted by Crippen LogP contribution is -2.29. The van der Waals surface area contributed by atoms with Gasteiger partial charge in [-0.3, -0.25) is 0 Å². The molecule has 0 fully saturated rings. The first-order valence-corrected chi connectivity index (χ1v) is 8.41. The van der Waals surface area contributed by atoms with Crippen LogP contribution in [0.15, 0.2) is 24.3 Å². The fraction of sp³-hybridized carbons (Fsp3) is 0.467. The van der Waals surface area contributed by atoms with Crippen LogP contribution in [0.25, 0.3) is 0 Å². The van der Waals surface area contributed by atoms with Crippen LogP contribution < -0.4 is 10.5 Å². The Morgan fingerprint density at radius 3 is 2.86 bits per heavy atom. The van der Waals surface area contributed by atoms with E-state index in [1.165, 1.54) is 0 Å². The van der Waals surface area contributed by atoms with E-state index in [9.17, 15) is 8.42 Å². The van der Waals surface area contributed by atoms with Crippen LogP contribution in [-0.2, 0) is 14.8 Å². The third-order valence-corrected chi connectivity index (χ3v) is 4.38. The summed E-state index contributed by atoms with van der Waals surface area (Å²) in [6, 6.07) is 7.15. The lowest BCUT2D eigenvalue weighted by molar-refractivity contribution is 0.199. The Morgan fingerprint density at radius 2 is 2.19 bits per heavy atom. The fourth-order valence-electron chi connectivity index (χ4n) is 1.83. The van der Waals surface area contributed by atoms with Crippen LogP contribution in [0, 0.1) is 11.8 Å². The molecule has 116 valence electrons. The van der Waals surface area contributed by atoms with Crippen molar-refractivity contribution >= 4 is 10.0 Å². The smallest absolute Gasteiger partial charge is 0.212 e. The van der Waals surface area contributed by atoms with Crippen molar-refractivity contribution in [2.75, 3.05) is 26.0 Å². The van der Waals surface area contributed by atoms with Gasteiger partial charge in [0.1, 0.15) is 0 Å². The van der Waals surface area contributed by atoms with E-state index in [1.807, 2.05) is 31.2 Å². The van der Waals surface area contributed by atoms with Crippen molar-refractivity contribution in [3.63, 3.8) is 0 Å². The lowest BCUT2D eigenvalue weighted by Gasteiger charge is -2.15. The Kier molecular flexibility index (Phi) is 7.40. The molecule has 1 aromatic carbocycles. The quantitative estimate of drug-likeness (QED) is 0.582. The molecule has 0 bridgehead atoms. The molecule has 1 rings (SSSR count). The number of nitrogens with two attached hydrogens (primary N) is 1. The fourth-order valence-corrected chi connectivity index (χ4v) is 3.12. The highest BCUT2D eigenvalue weighted by Gasteiger charge is 2.15. The summed E-state index contributed by atoms with van der Waals surface area (Å²) in [5, 5.41) is 0. The molecule has 0 spiro atoms. The molecule has 0 amide bonds. The highest BCUT2D eigenvalue weighted by molar-refractivity contribution is 7.89. The van der Waals surface area contributed by atoms with Crippen molar-refractivity contribution in [3.8, 4) is 11.8 Å². The zero-order valence-corrected chi connectivity index (χ0v) is 13.2. The zero-order valence-electron chi connectivity index (χ0n) is 12.4. The summed E-state index contributed by atoms with van der Waals surface area (Å²) < 4.78 is 31.4. The standard InChI is InChI=1S/C15H22N2O3S/c1-13(17-21(18,19)11-5-10-20-2)15-8-3-6-14(12-15)7-4-9-16/h3,6,8,12-13,17H,5,9-11,16H2,1-2H3. The van der Waals surface area contributed by atoms with Crippen LogP contribution >= 0.6 is 0 Å². The molecule has 1 aromatic rings. The summed E-state index contributed by atoms with van der Waals surface area (Å²) in [6.07, 6.45) is 0.473. The van der Waals surface area contributed by atoms with Crippen LogP contribution in [-0.4, -0.2) is 34.4 Å². The van der Waals surface area contributed by atoms with Crippen molar-refractivity contribution in [2.24, 2.45) is 5.73 Å². The largest absolute Gasteiger partial charge is 0.385 e. The molecule has 6 heteroatoms. The van der Waals surface area contributed by atoms with E-state index in [1.54, 1.807) is 7.11 Å². The summed E-state index contributed by atoms with van der Waals surface area (Å²) in [4.78, 5) is 0. The van der Waals surface area contributed by atoms with Gasteiger partial charge in [0.05, 0.1) is 12.3 Å². The maximum Gasteiger partial charge on any atom is 0.212 e. The third kappa shape index (κ3) is 6.74. The molecular weight excluding hydrogens is 288 g/mol. The number of ether oxygens (including phenoxy) is 1. The number of sulfonamides is 1. The van der Waals surface area contributed by atoms with Crippen molar-refractivity contribution in [1.82, 2.24) is 4.72 Å². The first kappa shape index (κ1) is 17.7. The summed E-state index contributed by atoms with van der Waals surface area (Å²) in [5.74, 6) is 5.77. The second kappa shape index (κ2) is 8.80. The minimum Gasteiger partial charge on any atom is -0.385 e.